The number of carbonyl (C=O) groups is 1. The Morgan fingerprint density at radius 3 is 2.58 bits per heavy atom. The van der Waals surface area contributed by atoms with Crippen LogP contribution < -0.4 is 5.32 Å². The van der Waals surface area contributed by atoms with E-state index < -0.39 is 0 Å². The quantitative estimate of drug-likeness (QED) is 0.898. The van der Waals surface area contributed by atoms with Crippen LogP contribution in [-0.4, -0.2) is 31.7 Å². The summed E-state index contributed by atoms with van der Waals surface area (Å²) < 4.78 is 0. The van der Waals surface area contributed by atoms with E-state index in [0.717, 1.165) is 12.0 Å². The predicted molar refractivity (Wildman–Crippen MR) is 94.6 cm³/mol. The molecule has 0 aliphatic heterocycles. The lowest BCUT2D eigenvalue weighted by Crippen LogP contribution is -2.47. The van der Waals surface area contributed by atoms with Crippen molar-refractivity contribution in [2.24, 2.45) is 5.41 Å². The fourth-order valence-corrected chi connectivity index (χ4v) is 3.16. The second-order valence-corrected chi connectivity index (χ2v) is 8.26. The second kappa shape index (κ2) is 6.89. The number of hydrogen-bond acceptors (Lipinski definition) is 4. The predicted octanol–water partition coefficient (Wildman–Crippen LogP) is 3.32. The summed E-state index contributed by atoms with van der Waals surface area (Å²) in [7, 11) is 0. The Hall–Kier alpha value is -1.95. The van der Waals surface area contributed by atoms with Crippen LogP contribution in [0.3, 0.4) is 0 Å². The van der Waals surface area contributed by atoms with Gasteiger partial charge in [-0.25, -0.2) is 0 Å². The molecule has 0 radical (unpaired) electrons. The third kappa shape index (κ3) is 5.60. The molecule has 0 bridgehead atoms. The molecule has 0 aliphatic carbocycles. The summed E-state index contributed by atoms with van der Waals surface area (Å²) in [5.74, 6) is 0.304. The zero-order valence-electron chi connectivity index (χ0n) is 14.8. The van der Waals surface area contributed by atoms with Gasteiger partial charge in [0.25, 0.3) is 0 Å². The molecule has 0 spiro atoms. The highest BCUT2D eigenvalue weighted by atomic mass is 35.5. The summed E-state index contributed by atoms with van der Waals surface area (Å²) in [6.07, 6.45) is 0.865. The van der Waals surface area contributed by atoms with Gasteiger partial charge in [-0.3, -0.25) is 4.79 Å². The summed E-state index contributed by atoms with van der Waals surface area (Å²) in [4.78, 5) is 13.5. The first-order chi connectivity index (χ1) is 11.0. The lowest BCUT2D eigenvalue weighted by molar-refractivity contribution is -0.124. The Labute approximate surface area is 147 Å². The van der Waals surface area contributed by atoms with Gasteiger partial charge in [-0.1, -0.05) is 44.5 Å². The van der Waals surface area contributed by atoms with Crippen molar-refractivity contribution in [3.05, 3.63) is 29.3 Å². The van der Waals surface area contributed by atoms with Gasteiger partial charge in [0.1, 0.15) is 6.54 Å². The van der Waals surface area contributed by atoms with Crippen molar-refractivity contribution in [1.29, 1.82) is 0 Å². The van der Waals surface area contributed by atoms with Crippen molar-refractivity contribution in [2.45, 2.75) is 53.1 Å². The second-order valence-electron chi connectivity index (χ2n) is 7.82. The van der Waals surface area contributed by atoms with Gasteiger partial charge in [-0.15, -0.1) is 10.2 Å². The Bertz CT molecular complexity index is 718. The summed E-state index contributed by atoms with van der Waals surface area (Å²) in [6.45, 7) is 10.5. The van der Waals surface area contributed by atoms with Crippen LogP contribution in [0.5, 0.6) is 0 Å². The molecule has 24 heavy (non-hydrogen) atoms. The van der Waals surface area contributed by atoms with Crippen molar-refractivity contribution < 1.29 is 4.79 Å². The molecule has 7 heteroatoms. The zero-order valence-corrected chi connectivity index (χ0v) is 15.6. The van der Waals surface area contributed by atoms with Crippen molar-refractivity contribution in [3.8, 4) is 11.4 Å². The summed E-state index contributed by atoms with van der Waals surface area (Å²) in [6, 6.07) is 7.20. The van der Waals surface area contributed by atoms with Crippen molar-refractivity contribution in [3.63, 3.8) is 0 Å². The van der Waals surface area contributed by atoms with Gasteiger partial charge in [-0.2, -0.15) is 4.80 Å². The molecular weight excluding hydrogens is 326 g/mol. The number of benzene rings is 1. The minimum atomic E-state index is -0.300. The average molecular weight is 350 g/mol. The maximum absolute atomic E-state index is 12.3. The van der Waals surface area contributed by atoms with Crippen molar-refractivity contribution >= 4 is 17.5 Å². The average Bonchev–Trinajstić information content (AvgIpc) is 2.83. The fraction of sp³-hybridized carbons (Fsp3) is 0.529. The van der Waals surface area contributed by atoms with E-state index in [1.54, 1.807) is 12.1 Å². The molecule has 2 rings (SSSR count). The normalized spacial score (nSPS) is 12.2. The van der Waals surface area contributed by atoms with Gasteiger partial charge in [0.05, 0.1) is 0 Å². The van der Waals surface area contributed by atoms with E-state index >= 15 is 0 Å². The lowest BCUT2D eigenvalue weighted by atomic mass is 9.82. The molecule has 1 aromatic heterocycles. The highest BCUT2D eigenvalue weighted by Gasteiger charge is 2.27. The van der Waals surface area contributed by atoms with Crippen molar-refractivity contribution in [1.82, 2.24) is 25.5 Å². The number of rotatable bonds is 5. The molecule has 1 N–H and O–H groups in total. The smallest absolute Gasteiger partial charge is 0.244 e. The summed E-state index contributed by atoms with van der Waals surface area (Å²) in [5.41, 5.74) is 0.593. The Morgan fingerprint density at radius 2 is 1.96 bits per heavy atom. The van der Waals surface area contributed by atoms with Crippen LogP contribution >= 0.6 is 11.6 Å². The molecule has 0 saturated carbocycles. The van der Waals surface area contributed by atoms with E-state index in [0.29, 0.717) is 10.8 Å². The van der Waals surface area contributed by atoms with Crippen LogP contribution in [-0.2, 0) is 11.3 Å². The SMILES string of the molecule is CC(C)(C)CC(C)(C)NC(=O)Cn1nnc(-c2cccc(Cl)c2)n1. The highest BCUT2D eigenvalue weighted by Crippen LogP contribution is 2.26. The molecule has 0 unspecified atom stereocenters. The van der Waals surface area contributed by atoms with Gasteiger partial charge >= 0.3 is 0 Å². The van der Waals surface area contributed by atoms with Gasteiger partial charge < -0.3 is 5.32 Å². The molecule has 1 aromatic carbocycles. The minimum absolute atomic E-state index is 0.0289. The maximum Gasteiger partial charge on any atom is 0.244 e. The fourth-order valence-electron chi connectivity index (χ4n) is 2.97. The van der Waals surface area contributed by atoms with Crippen LogP contribution in [0.15, 0.2) is 24.3 Å². The molecule has 0 fully saturated rings. The number of nitrogens with one attached hydrogen (secondary N) is 1. The third-order valence-corrected chi connectivity index (χ3v) is 3.51. The molecule has 0 aliphatic rings. The van der Waals surface area contributed by atoms with Crippen LogP contribution in [0.25, 0.3) is 11.4 Å². The van der Waals surface area contributed by atoms with Crippen LogP contribution in [0.4, 0.5) is 0 Å². The van der Waals surface area contributed by atoms with Crippen LogP contribution in [0.2, 0.25) is 5.02 Å². The molecular formula is C17H24ClN5O. The molecule has 2 aromatic rings. The molecule has 1 amide bonds. The largest absolute Gasteiger partial charge is 0.350 e. The molecule has 0 atom stereocenters. The summed E-state index contributed by atoms with van der Waals surface area (Å²) >= 11 is 5.96. The monoisotopic (exact) mass is 349 g/mol. The van der Waals surface area contributed by atoms with E-state index in [1.807, 2.05) is 26.0 Å². The Morgan fingerprint density at radius 1 is 1.25 bits per heavy atom. The van der Waals surface area contributed by atoms with Gasteiger partial charge in [0.2, 0.25) is 11.7 Å². The third-order valence-electron chi connectivity index (χ3n) is 3.27. The molecule has 0 saturated heterocycles. The first-order valence-corrected chi connectivity index (χ1v) is 8.27. The number of aromatic nitrogens is 4. The van der Waals surface area contributed by atoms with E-state index in [2.05, 4.69) is 41.5 Å². The van der Waals surface area contributed by atoms with Crippen LogP contribution in [0, 0.1) is 5.41 Å². The van der Waals surface area contributed by atoms with Crippen LogP contribution in [0.1, 0.15) is 41.0 Å². The Balaban J connectivity index is 2.00. The number of hydrogen-bond donors (Lipinski definition) is 1. The van der Waals surface area contributed by atoms with E-state index in [1.165, 1.54) is 4.80 Å². The number of carbonyl (C=O) groups excluding carboxylic acids is 1. The molecule has 6 nitrogen and oxygen atoms in total. The molecule has 1 heterocycles. The number of nitrogens with zero attached hydrogens (tertiary/aromatic N) is 4. The number of amides is 1. The molecule has 130 valence electrons. The number of halogens is 1. The first kappa shape index (κ1) is 18.4. The Kier molecular flexibility index (Phi) is 5.28. The highest BCUT2D eigenvalue weighted by molar-refractivity contribution is 6.30. The van der Waals surface area contributed by atoms with Gasteiger partial charge in [0.15, 0.2) is 0 Å². The van der Waals surface area contributed by atoms with E-state index in [-0.39, 0.29) is 23.4 Å². The maximum atomic E-state index is 12.3. The number of tetrazole rings is 1. The van der Waals surface area contributed by atoms with Gasteiger partial charge in [-0.05, 0) is 43.0 Å². The minimum Gasteiger partial charge on any atom is -0.350 e. The van der Waals surface area contributed by atoms with E-state index in [9.17, 15) is 4.79 Å². The summed E-state index contributed by atoms with van der Waals surface area (Å²) in [5, 5.41) is 15.8. The van der Waals surface area contributed by atoms with Gasteiger partial charge in [0, 0.05) is 16.1 Å². The standard InChI is InChI=1S/C17H24ClN5O/c1-16(2,3)11-17(4,5)19-14(24)10-23-21-15(20-22-23)12-7-6-8-13(18)9-12/h6-9H,10-11H2,1-5H3,(H,19,24). The van der Waals surface area contributed by atoms with E-state index in [4.69, 9.17) is 11.6 Å². The first-order valence-electron chi connectivity index (χ1n) is 7.89. The van der Waals surface area contributed by atoms with Crippen molar-refractivity contribution in [2.75, 3.05) is 0 Å². The topological polar surface area (TPSA) is 72.7 Å². The zero-order chi connectivity index (χ0) is 18.0. The lowest BCUT2D eigenvalue weighted by Gasteiger charge is -2.33.